The molecule has 0 atom stereocenters. The number of amides is 1. The minimum Gasteiger partial charge on any atom is -0.493 e. The lowest BCUT2D eigenvalue weighted by molar-refractivity contribution is -0.123. The van der Waals surface area contributed by atoms with E-state index >= 15 is 0 Å². The molecule has 0 radical (unpaired) electrons. The van der Waals surface area contributed by atoms with Crippen LogP contribution in [0.3, 0.4) is 0 Å². The molecule has 0 spiro atoms. The quantitative estimate of drug-likeness (QED) is 0.918. The smallest absolute Gasteiger partial charge is 0.229 e. The fourth-order valence-corrected chi connectivity index (χ4v) is 1.79. The van der Waals surface area contributed by atoms with E-state index < -0.39 is 5.41 Å². The zero-order chi connectivity index (χ0) is 15.6. The minimum atomic E-state index is -0.451. The summed E-state index contributed by atoms with van der Waals surface area (Å²) in [4.78, 5) is 16.4. The molecule has 1 aromatic rings. The number of nitrogens with zero attached hydrogens (tertiary/aromatic N) is 1. The highest BCUT2D eigenvalue weighted by Gasteiger charge is 2.25. The van der Waals surface area contributed by atoms with Gasteiger partial charge in [-0.25, -0.2) is 0 Å². The molecule has 4 heteroatoms. The molecule has 1 rings (SSSR count). The van der Waals surface area contributed by atoms with Crippen molar-refractivity contribution < 1.29 is 9.53 Å². The molecule has 0 aromatic carbocycles. The summed E-state index contributed by atoms with van der Waals surface area (Å²) in [7, 11) is 1.59. The van der Waals surface area contributed by atoms with Crippen molar-refractivity contribution in [1.82, 2.24) is 4.98 Å². The van der Waals surface area contributed by atoms with Gasteiger partial charge < -0.3 is 10.1 Å². The van der Waals surface area contributed by atoms with Gasteiger partial charge in [0.25, 0.3) is 0 Å². The average Bonchev–Trinajstić information content (AvgIpc) is 2.28. The number of ether oxygens (including phenoxy) is 1. The Kier molecular flexibility index (Phi) is 4.79. The molecule has 1 aromatic heterocycles. The number of nitrogens with one attached hydrogen (secondary N) is 1. The van der Waals surface area contributed by atoms with E-state index in [9.17, 15) is 4.79 Å². The average molecular weight is 278 g/mol. The van der Waals surface area contributed by atoms with Crippen LogP contribution in [0, 0.1) is 10.8 Å². The summed E-state index contributed by atoms with van der Waals surface area (Å²) in [6.45, 7) is 12.1. The molecule has 0 aliphatic carbocycles. The lowest BCUT2D eigenvalue weighted by Crippen LogP contribution is -2.28. The third-order valence-corrected chi connectivity index (χ3v) is 2.85. The Hall–Kier alpha value is -1.58. The van der Waals surface area contributed by atoms with E-state index in [0.717, 1.165) is 17.7 Å². The van der Waals surface area contributed by atoms with Gasteiger partial charge in [0.05, 0.1) is 19.0 Å². The molecular weight excluding hydrogens is 252 g/mol. The van der Waals surface area contributed by atoms with Crippen molar-refractivity contribution in [3.63, 3.8) is 0 Å². The van der Waals surface area contributed by atoms with E-state index in [1.807, 2.05) is 20.8 Å². The fourth-order valence-electron chi connectivity index (χ4n) is 1.79. The van der Waals surface area contributed by atoms with Gasteiger partial charge in [-0.15, -0.1) is 0 Å². The molecule has 20 heavy (non-hydrogen) atoms. The van der Waals surface area contributed by atoms with E-state index in [1.165, 1.54) is 0 Å². The second-order valence-electron chi connectivity index (χ2n) is 7.32. The van der Waals surface area contributed by atoms with Gasteiger partial charge in [-0.2, -0.15) is 0 Å². The van der Waals surface area contributed by atoms with Gasteiger partial charge >= 0.3 is 0 Å². The van der Waals surface area contributed by atoms with Crippen LogP contribution in [-0.4, -0.2) is 18.0 Å². The monoisotopic (exact) mass is 278 g/mol. The molecule has 4 nitrogen and oxygen atoms in total. The molecule has 1 N–H and O–H groups in total. The Balaban J connectivity index is 3.17. The standard InChI is InChI=1S/C16H26N2O2/c1-15(2,3)8-11-9-17-10-12(20-7)13(11)18-14(19)16(4,5)6/h9-10H,8H2,1-7H3,(H,17,18,19). The third kappa shape index (κ3) is 4.51. The first-order valence-electron chi connectivity index (χ1n) is 6.87. The summed E-state index contributed by atoms with van der Waals surface area (Å²) in [5.74, 6) is 0.571. The van der Waals surface area contributed by atoms with Crippen LogP contribution < -0.4 is 10.1 Å². The summed E-state index contributed by atoms with van der Waals surface area (Å²) in [5.41, 5.74) is 1.38. The highest BCUT2D eigenvalue weighted by atomic mass is 16.5. The van der Waals surface area contributed by atoms with Gasteiger partial charge in [-0.1, -0.05) is 41.5 Å². The van der Waals surface area contributed by atoms with Crippen LogP contribution in [0.2, 0.25) is 0 Å². The SMILES string of the molecule is COc1cncc(CC(C)(C)C)c1NC(=O)C(C)(C)C. The molecule has 1 amide bonds. The Morgan fingerprint density at radius 3 is 2.25 bits per heavy atom. The van der Waals surface area contributed by atoms with Gasteiger partial charge in [0.1, 0.15) is 0 Å². The minimum absolute atomic E-state index is 0.0304. The predicted octanol–water partition coefficient (Wildman–Crippen LogP) is 3.66. The molecule has 112 valence electrons. The first kappa shape index (κ1) is 16.5. The van der Waals surface area contributed by atoms with Crippen molar-refractivity contribution >= 4 is 11.6 Å². The van der Waals surface area contributed by atoms with Crippen molar-refractivity contribution in [2.24, 2.45) is 10.8 Å². The number of carbonyl (C=O) groups is 1. The summed E-state index contributed by atoms with van der Waals surface area (Å²) >= 11 is 0. The summed E-state index contributed by atoms with van der Waals surface area (Å²) in [6.07, 6.45) is 4.24. The fraction of sp³-hybridized carbons (Fsp3) is 0.625. The molecule has 0 saturated carbocycles. The number of pyridine rings is 1. The second-order valence-corrected chi connectivity index (χ2v) is 7.32. The maximum Gasteiger partial charge on any atom is 0.229 e. The molecule has 1 heterocycles. The molecule has 0 aliphatic rings. The summed E-state index contributed by atoms with van der Waals surface area (Å²) < 4.78 is 5.34. The molecular formula is C16H26N2O2. The van der Waals surface area contributed by atoms with Gasteiger partial charge in [-0.3, -0.25) is 9.78 Å². The highest BCUT2D eigenvalue weighted by Crippen LogP contribution is 2.33. The van der Waals surface area contributed by atoms with E-state index in [1.54, 1.807) is 19.5 Å². The predicted molar refractivity (Wildman–Crippen MR) is 82.0 cm³/mol. The second kappa shape index (κ2) is 5.81. The van der Waals surface area contributed by atoms with Gasteiger partial charge in [-0.05, 0) is 17.4 Å². The van der Waals surface area contributed by atoms with Crippen LogP contribution in [-0.2, 0) is 11.2 Å². The van der Waals surface area contributed by atoms with E-state index in [4.69, 9.17) is 4.74 Å². The topological polar surface area (TPSA) is 51.2 Å². The first-order valence-corrected chi connectivity index (χ1v) is 6.87. The Labute approximate surface area is 121 Å². The van der Waals surface area contributed by atoms with Crippen molar-refractivity contribution in [2.75, 3.05) is 12.4 Å². The zero-order valence-corrected chi connectivity index (χ0v) is 13.6. The van der Waals surface area contributed by atoms with E-state index in [-0.39, 0.29) is 11.3 Å². The maximum absolute atomic E-state index is 12.2. The number of aromatic nitrogens is 1. The van der Waals surface area contributed by atoms with Crippen molar-refractivity contribution in [2.45, 2.75) is 48.0 Å². The van der Waals surface area contributed by atoms with Gasteiger partial charge in [0.2, 0.25) is 5.91 Å². The van der Waals surface area contributed by atoms with Crippen LogP contribution in [0.1, 0.15) is 47.1 Å². The van der Waals surface area contributed by atoms with Crippen LogP contribution >= 0.6 is 0 Å². The van der Waals surface area contributed by atoms with E-state index in [2.05, 4.69) is 31.1 Å². The number of hydrogen-bond acceptors (Lipinski definition) is 3. The number of anilines is 1. The third-order valence-electron chi connectivity index (χ3n) is 2.85. The molecule has 0 fully saturated rings. The summed E-state index contributed by atoms with van der Waals surface area (Å²) in [6, 6.07) is 0. The largest absolute Gasteiger partial charge is 0.493 e. The normalized spacial score (nSPS) is 12.2. The summed E-state index contributed by atoms with van der Waals surface area (Å²) in [5, 5.41) is 2.99. The van der Waals surface area contributed by atoms with Crippen molar-refractivity contribution in [3.05, 3.63) is 18.0 Å². The van der Waals surface area contributed by atoms with Crippen molar-refractivity contribution in [1.29, 1.82) is 0 Å². The molecule has 0 unspecified atom stereocenters. The lowest BCUT2D eigenvalue weighted by Gasteiger charge is -2.24. The maximum atomic E-state index is 12.2. The number of hydrogen-bond donors (Lipinski definition) is 1. The number of carbonyl (C=O) groups excluding carboxylic acids is 1. The van der Waals surface area contributed by atoms with Crippen LogP contribution in [0.4, 0.5) is 5.69 Å². The lowest BCUT2D eigenvalue weighted by atomic mass is 9.87. The number of methoxy groups -OCH3 is 1. The van der Waals surface area contributed by atoms with Gasteiger partial charge in [0.15, 0.2) is 5.75 Å². The zero-order valence-electron chi connectivity index (χ0n) is 13.6. The Morgan fingerprint density at radius 1 is 1.20 bits per heavy atom. The van der Waals surface area contributed by atoms with Crippen LogP contribution in [0.15, 0.2) is 12.4 Å². The van der Waals surface area contributed by atoms with Crippen LogP contribution in [0.25, 0.3) is 0 Å². The first-order chi connectivity index (χ1) is 9.04. The van der Waals surface area contributed by atoms with Gasteiger partial charge in [0, 0.05) is 11.6 Å². The highest BCUT2D eigenvalue weighted by molar-refractivity contribution is 5.96. The molecule has 0 bridgehead atoms. The number of rotatable bonds is 3. The van der Waals surface area contributed by atoms with Crippen molar-refractivity contribution in [3.8, 4) is 5.75 Å². The Bertz CT molecular complexity index is 482. The molecule has 0 aliphatic heterocycles. The van der Waals surface area contributed by atoms with E-state index in [0.29, 0.717) is 5.75 Å². The van der Waals surface area contributed by atoms with Crippen LogP contribution in [0.5, 0.6) is 5.75 Å². The molecule has 0 saturated heterocycles. The Morgan fingerprint density at radius 2 is 1.80 bits per heavy atom.